The molecule has 0 bridgehead atoms. The molecule has 0 spiro atoms. The summed E-state index contributed by atoms with van der Waals surface area (Å²) in [6, 6.07) is 3.78. The van der Waals surface area contributed by atoms with Crippen molar-refractivity contribution >= 4 is 6.29 Å². The fourth-order valence-electron chi connectivity index (χ4n) is 2.38. The summed E-state index contributed by atoms with van der Waals surface area (Å²) < 4.78 is 6.00. The molecule has 0 saturated carbocycles. The first-order valence-electron chi connectivity index (χ1n) is 7.31. The van der Waals surface area contributed by atoms with Crippen LogP contribution in [-0.4, -0.2) is 12.9 Å². The Morgan fingerprint density at radius 1 is 1.21 bits per heavy atom. The Balaban J connectivity index is 2.68. The molecule has 1 unspecified atom stereocenters. The van der Waals surface area contributed by atoms with Crippen molar-refractivity contribution < 1.29 is 9.53 Å². The number of rotatable bonds is 8. The predicted octanol–water partition coefficient (Wildman–Crippen LogP) is 4.71. The number of aryl methyl sites for hydroxylation is 2. The van der Waals surface area contributed by atoms with Crippen molar-refractivity contribution in [2.24, 2.45) is 5.92 Å². The monoisotopic (exact) mass is 262 g/mol. The highest BCUT2D eigenvalue weighted by molar-refractivity contribution is 5.76. The maximum atomic E-state index is 10.8. The van der Waals surface area contributed by atoms with Crippen molar-refractivity contribution in [1.29, 1.82) is 0 Å². The summed E-state index contributed by atoms with van der Waals surface area (Å²) in [6.07, 6.45) is 5.79. The second kappa shape index (κ2) is 7.98. The van der Waals surface area contributed by atoms with Crippen LogP contribution >= 0.6 is 0 Å². The van der Waals surface area contributed by atoms with Crippen LogP contribution in [0.2, 0.25) is 0 Å². The molecule has 1 aromatic rings. The van der Waals surface area contributed by atoms with Crippen LogP contribution in [0.4, 0.5) is 0 Å². The topological polar surface area (TPSA) is 26.3 Å². The Morgan fingerprint density at radius 3 is 2.32 bits per heavy atom. The zero-order valence-corrected chi connectivity index (χ0v) is 12.7. The summed E-state index contributed by atoms with van der Waals surface area (Å²) in [7, 11) is 0. The summed E-state index contributed by atoms with van der Waals surface area (Å²) in [5, 5.41) is 0. The van der Waals surface area contributed by atoms with Gasteiger partial charge in [0.1, 0.15) is 12.0 Å². The van der Waals surface area contributed by atoms with E-state index in [2.05, 4.69) is 13.8 Å². The standard InChI is InChI=1S/C17H26O2/c1-5-7-8-15(6-2)12-19-17-13(3)9-16(11-18)10-14(17)4/h9-11,15H,5-8,12H2,1-4H3. The van der Waals surface area contributed by atoms with Gasteiger partial charge < -0.3 is 4.74 Å². The molecule has 0 aliphatic carbocycles. The van der Waals surface area contributed by atoms with Gasteiger partial charge in [0.15, 0.2) is 0 Å². The van der Waals surface area contributed by atoms with Crippen LogP contribution in [0.1, 0.15) is 61.0 Å². The van der Waals surface area contributed by atoms with Crippen molar-refractivity contribution in [3.63, 3.8) is 0 Å². The molecule has 2 nitrogen and oxygen atoms in total. The molecule has 0 radical (unpaired) electrons. The van der Waals surface area contributed by atoms with Gasteiger partial charge in [0.05, 0.1) is 6.61 Å². The van der Waals surface area contributed by atoms with Crippen LogP contribution < -0.4 is 4.74 Å². The third-order valence-corrected chi connectivity index (χ3v) is 3.63. The van der Waals surface area contributed by atoms with E-state index in [-0.39, 0.29) is 0 Å². The number of carbonyl (C=O) groups excluding carboxylic acids is 1. The van der Waals surface area contributed by atoms with Crippen molar-refractivity contribution in [2.45, 2.75) is 53.4 Å². The normalized spacial score (nSPS) is 12.2. The van der Waals surface area contributed by atoms with Gasteiger partial charge in [-0.25, -0.2) is 0 Å². The Bertz CT molecular complexity index is 387. The van der Waals surface area contributed by atoms with E-state index in [4.69, 9.17) is 4.74 Å². The molecule has 1 rings (SSSR count). The minimum atomic E-state index is 0.629. The number of hydrogen-bond acceptors (Lipinski definition) is 2. The van der Waals surface area contributed by atoms with Gasteiger partial charge in [0.25, 0.3) is 0 Å². The molecule has 1 aromatic carbocycles. The highest BCUT2D eigenvalue weighted by Gasteiger charge is 2.10. The van der Waals surface area contributed by atoms with Gasteiger partial charge in [-0.05, 0) is 49.4 Å². The van der Waals surface area contributed by atoms with Crippen LogP contribution in [-0.2, 0) is 0 Å². The first-order chi connectivity index (χ1) is 9.12. The number of hydrogen-bond donors (Lipinski definition) is 0. The van der Waals surface area contributed by atoms with Gasteiger partial charge >= 0.3 is 0 Å². The lowest BCUT2D eigenvalue weighted by Crippen LogP contribution is -2.12. The Morgan fingerprint density at radius 2 is 1.84 bits per heavy atom. The number of unbranched alkanes of at least 4 members (excludes halogenated alkanes) is 1. The second-order valence-electron chi connectivity index (χ2n) is 5.33. The molecular weight excluding hydrogens is 236 g/mol. The van der Waals surface area contributed by atoms with Crippen molar-refractivity contribution in [3.05, 3.63) is 28.8 Å². The second-order valence-corrected chi connectivity index (χ2v) is 5.33. The lowest BCUT2D eigenvalue weighted by molar-refractivity contribution is 0.112. The van der Waals surface area contributed by atoms with Crippen LogP contribution in [0.15, 0.2) is 12.1 Å². The van der Waals surface area contributed by atoms with Crippen molar-refractivity contribution in [3.8, 4) is 5.75 Å². The molecule has 19 heavy (non-hydrogen) atoms. The lowest BCUT2D eigenvalue weighted by atomic mass is 10.0. The first kappa shape index (κ1) is 15.7. The van der Waals surface area contributed by atoms with Crippen LogP contribution in [0.5, 0.6) is 5.75 Å². The van der Waals surface area contributed by atoms with E-state index in [0.717, 1.165) is 41.8 Å². The van der Waals surface area contributed by atoms with Crippen molar-refractivity contribution in [1.82, 2.24) is 0 Å². The molecule has 1 atom stereocenters. The average molecular weight is 262 g/mol. The van der Waals surface area contributed by atoms with Crippen LogP contribution in [0.3, 0.4) is 0 Å². The molecule has 0 heterocycles. The van der Waals surface area contributed by atoms with E-state index in [1.807, 2.05) is 26.0 Å². The Kier molecular flexibility index (Phi) is 6.61. The van der Waals surface area contributed by atoms with Gasteiger partial charge in [-0.2, -0.15) is 0 Å². The summed E-state index contributed by atoms with van der Waals surface area (Å²) in [5.74, 6) is 1.57. The first-order valence-corrected chi connectivity index (χ1v) is 7.31. The molecule has 0 saturated heterocycles. The predicted molar refractivity (Wildman–Crippen MR) is 80.1 cm³/mol. The summed E-state index contributed by atoms with van der Waals surface area (Å²) in [4.78, 5) is 10.8. The van der Waals surface area contributed by atoms with E-state index in [0.29, 0.717) is 5.92 Å². The van der Waals surface area contributed by atoms with Crippen LogP contribution in [0.25, 0.3) is 0 Å². The molecule has 0 N–H and O–H groups in total. The third kappa shape index (κ3) is 4.70. The van der Waals surface area contributed by atoms with E-state index in [1.165, 1.54) is 19.3 Å². The minimum Gasteiger partial charge on any atom is -0.493 e. The minimum absolute atomic E-state index is 0.629. The smallest absolute Gasteiger partial charge is 0.150 e. The van der Waals surface area contributed by atoms with Crippen LogP contribution in [0, 0.1) is 19.8 Å². The zero-order chi connectivity index (χ0) is 14.3. The Labute approximate surface area is 117 Å². The fraction of sp³-hybridized carbons (Fsp3) is 0.588. The quantitative estimate of drug-likeness (QED) is 0.634. The molecule has 0 aliphatic rings. The van der Waals surface area contributed by atoms with Gasteiger partial charge in [-0.1, -0.05) is 33.1 Å². The average Bonchev–Trinajstić information content (AvgIpc) is 2.40. The fourth-order valence-corrected chi connectivity index (χ4v) is 2.38. The van der Waals surface area contributed by atoms with Gasteiger partial charge in [-0.3, -0.25) is 4.79 Å². The number of benzene rings is 1. The summed E-state index contributed by atoms with van der Waals surface area (Å²) >= 11 is 0. The number of carbonyl (C=O) groups is 1. The molecule has 0 fully saturated rings. The number of aldehydes is 1. The molecule has 0 aliphatic heterocycles. The number of ether oxygens (including phenoxy) is 1. The molecular formula is C17H26O2. The van der Waals surface area contributed by atoms with E-state index < -0.39 is 0 Å². The highest BCUT2D eigenvalue weighted by atomic mass is 16.5. The largest absolute Gasteiger partial charge is 0.493 e. The summed E-state index contributed by atoms with van der Waals surface area (Å²) in [6.45, 7) is 9.22. The lowest BCUT2D eigenvalue weighted by Gasteiger charge is -2.18. The SMILES string of the molecule is CCCCC(CC)COc1c(C)cc(C=O)cc1C. The molecule has 0 aromatic heterocycles. The third-order valence-electron chi connectivity index (χ3n) is 3.63. The molecule has 2 heteroatoms. The maximum absolute atomic E-state index is 10.8. The van der Waals surface area contributed by atoms with Gasteiger partial charge in [0, 0.05) is 5.56 Å². The highest BCUT2D eigenvalue weighted by Crippen LogP contribution is 2.25. The zero-order valence-electron chi connectivity index (χ0n) is 12.7. The van der Waals surface area contributed by atoms with Crippen molar-refractivity contribution in [2.75, 3.05) is 6.61 Å². The summed E-state index contributed by atoms with van der Waals surface area (Å²) in [5.41, 5.74) is 2.82. The van der Waals surface area contributed by atoms with E-state index in [1.54, 1.807) is 0 Å². The van der Waals surface area contributed by atoms with Gasteiger partial charge in [0.2, 0.25) is 0 Å². The molecule has 0 amide bonds. The Hall–Kier alpha value is -1.31. The maximum Gasteiger partial charge on any atom is 0.150 e. The van der Waals surface area contributed by atoms with E-state index >= 15 is 0 Å². The van der Waals surface area contributed by atoms with Gasteiger partial charge in [-0.15, -0.1) is 0 Å². The molecule has 106 valence electrons. The van der Waals surface area contributed by atoms with E-state index in [9.17, 15) is 4.79 Å².